The van der Waals surface area contributed by atoms with Gasteiger partial charge >= 0.3 is 0 Å². The van der Waals surface area contributed by atoms with Crippen LogP contribution in [0.25, 0.3) is 0 Å². The quantitative estimate of drug-likeness (QED) is 0.307. The molecular weight excluding hydrogens is 116 g/mol. The van der Waals surface area contributed by atoms with E-state index in [1.807, 2.05) is 6.21 Å². The van der Waals surface area contributed by atoms with Gasteiger partial charge in [0.05, 0.1) is 6.67 Å². The van der Waals surface area contributed by atoms with Crippen molar-refractivity contribution >= 4 is 16.5 Å². The summed E-state index contributed by atoms with van der Waals surface area (Å²) in [4.78, 5) is 4.08. The van der Waals surface area contributed by atoms with Gasteiger partial charge in [-0.25, -0.2) is 0 Å². The predicted octanol–water partition coefficient (Wildman–Crippen LogP) is -0.592. The molecule has 0 amide bonds. The Morgan fingerprint density at radius 1 is 1.75 bits per heavy atom. The maximum absolute atomic E-state index is 4.08. The van der Waals surface area contributed by atoms with Crippen LogP contribution in [0, 0.1) is 0 Å². The van der Waals surface area contributed by atoms with E-state index in [1.54, 1.807) is 0 Å². The zero-order chi connectivity index (χ0) is 6.24. The smallest absolute Gasteiger partial charge is 0.0880 e. The van der Waals surface area contributed by atoms with Gasteiger partial charge in [-0.15, -0.1) is 0 Å². The molecule has 0 aliphatic heterocycles. The Morgan fingerprint density at radius 3 is 3.00 bits per heavy atom. The highest BCUT2D eigenvalue weighted by molar-refractivity contribution is 6.16. The molecule has 0 aliphatic carbocycles. The second-order valence-corrected chi connectivity index (χ2v) is 2.35. The van der Waals surface area contributed by atoms with Crippen molar-refractivity contribution in [2.24, 2.45) is 4.99 Å². The lowest BCUT2D eigenvalue weighted by Crippen LogP contribution is -2.11. The Kier molecular flexibility index (Phi) is 6.72. The van der Waals surface area contributed by atoms with Gasteiger partial charge in [0.2, 0.25) is 0 Å². The summed E-state index contributed by atoms with van der Waals surface area (Å²) in [5.74, 6) is 0. The number of hydrogen-bond donors (Lipinski definition) is 1. The molecule has 0 atom stereocenters. The summed E-state index contributed by atoms with van der Waals surface area (Å²) in [5.41, 5.74) is 0. The number of nitrogens with zero attached hydrogens (tertiary/aromatic N) is 1. The largest absolute Gasteiger partial charge is 0.299 e. The molecule has 2 nitrogen and oxygen atoms in total. The number of rotatable bonds is 4. The predicted molar refractivity (Wildman–Crippen MR) is 41.8 cm³/mol. The average molecular weight is 130 g/mol. The van der Waals surface area contributed by atoms with Gasteiger partial charge in [0.15, 0.2) is 0 Å². The highest BCUT2D eigenvalue weighted by atomic mass is 28.1. The molecule has 0 saturated heterocycles. The van der Waals surface area contributed by atoms with Gasteiger partial charge in [-0.3, -0.25) is 10.3 Å². The van der Waals surface area contributed by atoms with E-state index in [1.165, 1.54) is 16.3 Å². The van der Waals surface area contributed by atoms with E-state index in [9.17, 15) is 0 Å². The third kappa shape index (κ3) is 5.85. The van der Waals surface area contributed by atoms with Crippen molar-refractivity contribution in [1.29, 1.82) is 0 Å². The van der Waals surface area contributed by atoms with Crippen LogP contribution in [0.3, 0.4) is 0 Å². The Labute approximate surface area is 53.8 Å². The fraction of sp³-hybridized carbons (Fsp3) is 0.800. The van der Waals surface area contributed by atoms with Crippen molar-refractivity contribution in [2.75, 3.05) is 13.2 Å². The van der Waals surface area contributed by atoms with Crippen LogP contribution >= 0.6 is 0 Å². The molecule has 0 fully saturated rings. The van der Waals surface area contributed by atoms with Crippen LogP contribution in [0.2, 0.25) is 6.04 Å². The lowest BCUT2D eigenvalue weighted by Gasteiger charge is -1.90. The van der Waals surface area contributed by atoms with E-state index < -0.39 is 0 Å². The van der Waals surface area contributed by atoms with E-state index in [0.29, 0.717) is 0 Å². The summed E-state index contributed by atoms with van der Waals surface area (Å²) >= 11 is 0. The van der Waals surface area contributed by atoms with Crippen molar-refractivity contribution in [2.45, 2.75) is 13.0 Å². The van der Waals surface area contributed by atoms with Gasteiger partial charge in [0.25, 0.3) is 0 Å². The van der Waals surface area contributed by atoms with Crippen LogP contribution in [-0.2, 0) is 0 Å². The molecule has 0 aromatic heterocycles. The van der Waals surface area contributed by atoms with Crippen LogP contribution in [0.4, 0.5) is 0 Å². The molecule has 0 rings (SSSR count). The minimum Gasteiger partial charge on any atom is -0.299 e. The highest BCUT2D eigenvalue weighted by Gasteiger charge is 1.71. The van der Waals surface area contributed by atoms with Crippen LogP contribution in [-0.4, -0.2) is 29.7 Å². The second kappa shape index (κ2) is 6.85. The van der Waals surface area contributed by atoms with Crippen LogP contribution in [0.1, 0.15) is 6.92 Å². The van der Waals surface area contributed by atoms with Crippen molar-refractivity contribution in [3.63, 3.8) is 0 Å². The lowest BCUT2D eigenvalue weighted by molar-refractivity contribution is 0.745. The molecule has 0 radical (unpaired) electrons. The zero-order valence-electron chi connectivity index (χ0n) is 5.65. The first kappa shape index (κ1) is 7.85. The molecule has 0 aromatic carbocycles. The third-order valence-electron chi connectivity index (χ3n) is 0.765. The van der Waals surface area contributed by atoms with E-state index in [-0.39, 0.29) is 0 Å². The average Bonchev–Trinajstić information content (AvgIpc) is 1.81. The minimum absolute atomic E-state index is 0.790. The minimum atomic E-state index is 0.790. The number of aliphatic imine (C=N–C) groups is 1. The lowest BCUT2D eigenvalue weighted by atomic mass is 10.7. The van der Waals surface area contributed by atoms with E-state index in [4.69, 9.17) is 0 Å². The maximum atomic E-state index is 4.08. The van der Waals surface area contributed by atoms with Crippen LogP contribution < -0.4 is 5.32 Å². The molecule has 0 spiro atoms. The molecule has 0 bridgehead atoms. The van der Waals surface area contributed by atoms with Crippen LogP contribution in [0.5, 0.6) is 0 Å². The van der Waals surface area contributed by atoms with E-state index >= 15 is 0 Å². The monoisotopic (exact) mass is 130 g/mol. The summed E-state index contributed by atoms with van der Waals surface area (Å²) in [6.07, 6.45) is 1.98. The molecule has 0 aromatic rings. The van der Waals surface area contributed by atoms with Gasteiger partial charge in [0.1, 0.15) is 0 Å². The molecule has 0 saturated carbocycles. The van der Waals surface area contributed by atoms with Gasteiger partial charge in [-0.1, -0.05) is 6.92 Å². The normalized spacial score (nSPS) is 11.1. The molecule has 3 heteroatoms. The summed E-state index contributed by atoms with van der Waals surface area (Å²) in [6.45, 7) is 3.88. The SMILES string of the molecule is CCNCN=CC[SiH3]. The Hall–Kier alpha value is -0.153. The Balaban J connectivity index is 2.80. The van der Waals surface area contributed by atoms with Crippen molar-refractivity contribution < 1.29 is 0 Å². The zero-order valence-corrected chi connectivity index (χ0v) is 7.65. The van der Waals surface area contributed by atoms with Gasteiger partial charge in [0, 0.05) is 10.2 Å². The molecule has 0 heterocycles. The number of hydrogen-bond acceptors (Lipinski definition) is 2. The Bertz CT molecular complexity index is 63.4. The summed E-state index contributed by atoms with van der Waals surface area (Å²) in [5, 5.41) is 3.10. The second-order valence-electron chi connectivity index (χ2n) is 1.54. The van der Waals surface area contributed by atoms with Crippen LogP contribution in [0.15, 0.2) is 4.99 Å². The molecule has 48 valence electrons. The van der Waals surface area contributed by atoms with Gasteiger partial charge < -0.3 is 0 Å². The molecule has 1 N–H and O–H groups in total. The molecular formula is C5H14N2Si. The fourth-order valence-corrected chi connectivity index (χ4v) is 0.628. The first-order valence-electron chi connectivity index (χ1n) is 3.10. The van der Waals surface area contributed by atoms with Crippen molar-refractivity contribution in [3.8, 4) is 0 Å². The summed E-state index contributed by atoms with van der Waals surface area (Å²) in [7, 11) is 1.23. The van der Waals surface area contributed by atoms with Gasteiger partial charge in [-0.2, -0.15) is 0 Å². The first-order valence-corrected chi connectivity index (χ1v) is 4.52. The maximum Gasteiger partial charge on any atom is 0.0880 e. The molecule has 0 aliphatic rings. The van der Waals surface area contributed by atoms with Crippen molar-refractivity contribution in [1.82, 2.24) is 5.32 Å². The molecule has 0 unspecified atom stereocenters. The standard InChI is InChI=1S/C5H14N2Si/c1-2-6-5-7-3-4-8/h3,6H,2,4-5H2,1,8H3. The first-order chi connectivity index (χ1) is 3.91. The Morgan fingerprint density at radius 2 is 2.50 bits per heavy atom. The molecule has 8 heavy (non-hydrogen) atoms. The van der Waals surface area contributed by atoms with E-state index in [2.05, 4.69) is 17.2 Å². The van der Waals surface area contributed by atoms with Gasteiger partial charge in [-0.05, 0) is 18.8 Å². The topological polar surface area (TPSA) is 24.4 Å². The number of nitrogens with one attached hydrogen (secondary N) is 1. The highest BCUT2D eigenvalue weighted by Crippen LogP contribution is 1.64. The van der Waals surface area contributed by atoms with Crippen molar-refractivity contribution in [3.05, 3.63) is 0 Å². The summed E-state index contributed by atoms with van der Waals surface area (Å²) in [6, 6.07) is 1.17. The van der Waals surface area contributed by atoms with E-state index in [0.717, 1.165) is 13.2 Å². The third-order valence-corrected chi connectivity index (χ3v) is 1.13. The summed E-state index contributed by atoms with van der Waals surface area (Å²) < 4.78 is 0. The fourth-order valence-electron chi connectivity index (χ4n) is 0.370.